The number of carboxylic acid groups (broad SMARTS) is 1. The number of nitriles is 1. The lowest BCUT2D eigenvalue weighted by molar-refractivity contribution is -0.141. The molecule has 0 aliphatic carbocycles. The Hall–Kier alpha value is -4.60. The molecule has 13 heteroatoms. The number of nitrogens with one attached hydrogen (secondary N) is 1. The highest BCUT2D eigenvalue weighted by Gasteiger charge is 2.33. The van der Waals surface area contributed by atoms with Gasteiger partial charge in [-0.25, -0.2) is 14.5 Å². The number of likely N-dealkylation sites (tertiary alicyclic amines) is 1. The summed E-state index contributed by atoms with van der Waals surface area (Å²) in [6, 6.07) is 11.1. The van der Waals surface area contributed by atoms with Gasteiger partial charge in [-0.3, -0.25) is 4.79 Å². The fourth-order valence-electron chi connectivity index (χ4n) is 4.05. The van der Waals surface area contributed by atoms with Crippen molar-refractivity contribution in [1.82, 2.24) is 19.7 Å². The fraction of sp³-hybridized carbons (Fsp3) is 0.292. The number of hydrogen-bond acceptors (Lipinski definition) is 6. The third-order valence-corrected chi connectivity index (χ3v) is 5.69. The zero-order chi connectivity index (χ0) is 26.7. The van der Waals surface area contributed by atoms with Crippen molar-refractivity contribution in [1.29, 1.82) is 5.26 Å². The highest BCUT2D eigenvalue weighted by Crippen LogP contribution is 2.35. The average molecular weight is 514 g/mol. The van der Waals surface area contributed by atoms with Gasteiger partial charge in [-0.1, -0.05) is 6.07 Å². The SMILES string of the molecule is CC(=O)Nc1c(C#N)c(-c2ccc(Oc3cccc(C(F)(F)F)n3)cc2)nn1C1CCCN(C(=O)O)C1. The number of ether oxygens (including phenoxy) is 1. The maximum atomic E-state index is 12.9. The summed E-state index contributed by atoms with van der Waals surface area (Å²) >= 11 is 0. The number of benzene rings is 1. The summed E-state index contributed by atoms with van der Waals surface area (Å²) in [7, 11) is 0. The molecule has 0 bridgehead atoms. The molecule has 1 atom stereocenters. The molecule has 2 aromatic heterocycles. The van der Waals surface area contributed by atoms with Gasteiger partial charge in [-0.15, -0.1) is 0 Å². The van der Waals surface area contributed by atoms with Gasteiger partial charge in [-0.2, -0.15) is 23.5 Å². The summed E-state index contributed by atoms with van der Waals surface area (Å²) in [6.45, 7) is 1.81. The number of hydrogen-bond donors (Lipinski definition) is 2. The fourth-order valence-corrected chi connectivity index (χ4v) is 4.05. The third kappa shape index (κ3) is 5.64. The Balaban J connectivity index is 1.65. The Morgan fingerprint density at radius 2 is 1.95 bits per heavy atom. The summed E-state index contributed by atoms with van der Waals surface area (Å²) in [5, 5.41) is 26.5. The lowest BCUT2D eigenvalue weighted by Gasteiger charge is -2.31. The maximum Gasteiger partial charge on any atom is 0.433 e. The molecule has 2 amide bonds. The predicted octanol–water partition coefficient (Wildman–Crippen LogP) is 4.90. The first-order chi connectivity index (χ1) is 17.6. The zero-order valence-electron chi connectivity index (χ0n) is 19.5. The van der Waals surface area contributed by atoms with Crippen LogP contribution in [0.4, 0.5) is 23.8 Å². The Kier molecular flexibility index (Phi) is 7.01. The van der Waals surface area contributed by atoms with Crippen molar-refractivity contribution in [2.24, 2.45) is 0 Å². The Bertz CT molecular complexity index is 1360. The van der Waals surface area contributed by atoms with E-state index in [1.165, 1.54) is 40.8 Å². The Morgan fingerprint density at radius 1 is 1.22 bits per heavy atom. The van der Waals surface area contributed by atoms with Crippen LogP contribution in [0.2, 0.25) is 0 Å². The van der Waals surface area contributed by atoms with Crippen LogP contribution in [0, 0.1) is 11.3 Å². The number of anilines is 1. The summed E-state index contributed by atoms with van der Waals surface area (Å²) in [5.41, 5.74) is -0.254. The van der Waals surface area contributed by atoms with E-state index in [-0.39, 0.29) is 35.2 Å². The number of nitrogens with zero attached hydrogens (tertiary/aromatic N) is 5. The number of amides is 2. The van der Waals surface area contributed by atoms with Crippen molar-refractivity contribution >= 4 is 17.8 Å². The Labute approximate surface area is 208 Å². The second-order valence-electron chi connectivity index (χ2n) is 8.32. The molecule has 192 valence electrons. The number of halogens is 3. The molecule has 0 radical (unpaired) electrons. The quantitative estimate of drug-likeness (QED) is 0.495. The second-order valence-corrected chi connectivity index (χ2v) is 8.32. The van der Waals surface area contributed by atoms with E-state index in [2.05, 4.69) is 21.5 Å². The second kappa shape index (κ2) is 10.2. The maximum absolute atomic E-state index is 12.9. The largest absolute Gasteiger partial charge is 0.465 e. The lowest BCUT2D eigenvalue weighted by atomic mass is 10.1. The standard InChI is InChI=1S/C24H21F3N6O4/c1-14(34)29-22-18(12-28)21(31-33(22)16-4-3-11-32(13-16)23(35)36)15-7-9-17(10-8-15)37-20-6-2-5-19(30-20)24(25,26)27/h2,5-10,16H,3-4,11,13H2,1H3,(H,29,34)(H,35,36). The van der Waals surface area contributed by atoms with Crippen LogP contribution in [-0.2, 0) is 11.0 Å². The molecule has 1 unspecified atom stereocenters. The van der Waals surface area contributed by atoms with Crippen molar-refractivity contribution in [3.8, 4) is 29.0 Å². The van der Waals surface area contributed by atoms with Crippen LogP contribution >= 0.6 is 0 Å². The van der Waals surface area contributed by atoms with E-state index in [0.29, 0.717) is 24.9 Å². The van der Waals surface area contributed by atoms with Gasteiger partial charge in [0.2, 0.25) is 11.8 Å². The molecule has 10 nitrogen and oxygen atoms in total. The van der Waals surface area contributed by atoms with Crippen molar-refractivity contribution in [2.45, 2.75) is 32.0 Å². The van der Waals surface area contributed by atoms with E-state index in [9.17, 15) is 33.1 Å². The van der Waals surface area contributed by atoms with Gasteiger partial charge >= 0.3 is 12.3 Å². The van der Waals surface area contributed by atoms with Crippen molar-refractivity contribution in [3.05, 3.63) is 53.7 Å². The van der Waals surface area contributed by atoms with E-state index < -0.39 is 29.9 Å². The van der Waals surface area contributed by atoms with Crippen LogP contribution in [-0.4, -0.2) is 49.9 Å². The number of piperidine rings is 1. The third-order valence-electron chi connectivity index (χ3n) is 5.69. The first-order valence-corrected chi connectivity index (χ1v) is 11.2. The highest BCUT2D eigenvalue weighted by atomic mass is 19.4. The van der Waals surface area contributed by atoms with E-state index in [0.717, 1.165) is 6.07 Å². The molecule has 0 spiro atoms. The van der Waals surface area contributed by atoms with Crippen molar-refractivity contribution < 1.29 is 32.6 Å². The summed E-state index contributed by atoms with van der Waals surface area (Å²) in [5.74, 6) is -0.291. The normalized spacial score (nSPS) is 15.6. The summed E-state index contributed by atoms with van der Waals surface area (Å²) in [6.07, 6.45) is -4.49. The number of carbonyl (C=O) groups is 2. The van der Waals surface area contributed by atoms with E-state index in [1.54, 1.807) is 12.1 Å². The van der Waals surface area contributed by atoms with Gasteiger partial charge in [0.25, 0.3) is 0 Å². The molecule has 2 N–H and O–H groups in total. The van der Waals surface area contributed by atoms with Crippen LogP contribution in [0.25, 0.3) is 11.3 Å². The molecule has 1 fully saturated rings. The number of rotatable bonds is 5. The molecule has 1 aliphatic heterocycles. The topological polar surface area (TPSA) is 133 Å². The number of pyridine rings is 1. The van der Waals surface area contributed by atoms with E-state index in [4.69, 9.17) is 4.74 Å². The molecule has 1 aliphatic rings. The first-order valence-electron chi connectivity index (χ1n) is 11.2. The molecule has 4 rings (SSSR count). The number of aromatic nitrogens is 3. The minimum atomic E-state index is -4.61. The van der Waals surface area contributed by atoms with Crippen LogP contribution < -0.4 is 10.1 Å². The number of alkyl halides is 3. The smallest absolute Gasteiger partial charge is 0.433 e. The van der Waals surface area contributed by atoms with Gasteiger partial charge in [-0.05, 0) is 43.2 Å². The summed E-state index contributed by atoms with van der Waals surface area (Å²) < 4.78 is 45.7. The van der Waals surface area contributed by atoms with Gasteiger partial charge in [0, 0.05) is 31.6 Å². The molecule has 37 heavy (non-hydrogen) atoms. The van der Waals surface area contributed by atoms with Gasteiger partial charge < -0.3 is 20.1 Å². The monoisotopic (exact) mass is 514 g/mol. The molecule has 3 heterocycles. The molecule has 1 aromatic carbocycles. The minimum Gasteiger partial charge on any atom is -0.465 e. The average Bonchev–Trinajstić information content (AvgIpc) is 3.21. The Morgan fingerprint density at radius 3 is 2.57 bits per heavy atom. The van der Waals surface area contributed by atoms with E-state index in [1.807, 2.05) is 0 Å². The van der Waals surface area contributed by atoms with Gasteiger partial charge in [0.05, 0.1) is 6.04 Å². The molecule has 0 saturated carbocycles. The molecule has 1 saturated heterocycles. The minimum absolute atomic E-state index is 0.0934. The van der Waals surface area contributed by atoms with Gasteiger partial charge in [0.1, 0.15) is 34.6 Å². The zero-order valence-corrected chi connectivity index (χ0v) is 19.5. The summed E-state index contributed by atoms with van der Waals surface area (Å²) in [4.78, 5) is 28.1. The van der Waals surface area contributed by atoms with Gasteiger partial charge in [0.15, 0.2) is 0 Å². The highest BCUT2D eigenvalue weighted by molar-refractivity contribution is 5.91. The predicted molar refractivity (Wildman–Crippen MR) is 124 cm³/mol. The van der Waals surface area contributed by atoms with Crippen LogP contribution in [0.5, 0.6) is 11.6 Å². The van der Waals surface area contributed by atoms with Crippen LogP contribution in [0.3, 0.4) is 0 Å². The first kappa shape index (κ1) is 25.5. The van der Waals surface area contributed by atoms with Crippen LogP contribution in [0.1, 0.15) is 37.1 Å². The number of carbonyl (C=O) groups excluding carboxylic acids is 1. The lowest BCUT2D eigenvalue weighted by Crippen LogP contribution is -2.40. The van der Waals surface area contributed by atoms with Crippen molar-refractivity contribution in [3.63, 3.8) is 0 Å². The van der Waals surface area contributed by atoms with Crippen LogP contribution in [0.15, 0.2) is 42.5 Å². The molecular formula is C24H21F3N6O4. The van der Waals surface area contributed by atoms with E-state index >= 15 is 0 Å². The van der Waals surface area contributed by atoms with Crippen molar-refractivity contribution in [2.75, 3.05) is 18.4 Å². The molecular weight excluding hydrogens is 493 g/mol. The molecule has 3 aromatic rings.